The molecule has 140 valence electrons. The quantitative estimate of drug-likeness (QED) is 0.223. The highest BCUT2D eigenvalue weighted by Gasteiger charge is 2.35. The second-order valence-corrected chi connectivity index (χ2v) is 8.81. The van der Waals surface area contributed by atoms with Crippen LogP contribution in [0.3, 0.4) is 0 Å². The van der Waals surface area contributed by atoms with E-state index in [1.54, 1.807) is 0 Å². The van der Waals surface area contributed by atoms with E-state index in [0.717, 1.165) is 16.2 Å². The highest BCUT2D eigenvalue weighted by molar-refractivity contribution is 6.46. The van der Waals surface area contributed by atoms with Crippen molar-refractivity contribution in [1.29, 1.82) is 0 Å². The van der Waals surface area contributed by atoms with Crippen LogP contribution in [0.2, 0.25) is 0 Å². The molecule has 1 aliphatic rings. The predicted octanol–water partition coefficient (Wildman–Crippen LogP) is 6.76. The Morgan fingerprint density at radius 3 is 1.77 bits per heavy atom. The summed E-state index contributed by atoms with van der Waals surface area (Å²) in [7, 11) is 6.59. The number of hydrogen-bond donors (Lipinski definition) is 0. The highest BCUT2D eigenvalue weighted by Crippen LogP contribution is 2.50. The fourth-order valence-corrected chi connectivity index (χ4v) is 5.33. The Labute approximate surface area is 178 Å². The highest BCUT2D eigenvalue weighted by atomic mass is 14.4. The summed E-state index contributed by atoms with van der Waals surface area (Å²) >= 11 is 0. The van der Waals surface area contributed by atoms with Gasteiger partial charge < -0.3 is 0 Å². The molecule has 0 heterocycles. The third kappa shape index (κ3) is 2.24. The van der Waals surface area contributed by atoms with Gasteiger partial charge >= 0.3 is 0 Å². The Balaban J connectivity index is 1.71. The summed E-state index contributed by atoms with van der Waals surface area (Å²) in [5.41, 5.74) is 8.88. The minimum Gasteiger partial charge on any atom is -0.0812 e. The molecule has 5 aromatic carbocycles. The number of rotatable bonds is 1. The molecule has 30 heavy (non-hydrogen) atoms. The summed E-state index contributed by atoms with van der Waals surface area (Å²) in [6, 6.07) is 32.8. The van der Waals surface area contributed by atoms with E-state index in [1.165, 1.54) is 44.2 Å². The molecule has 0 saturated carbocycles. The van der Waals surface area contributed by atoms with Gasteiger partial charge in [-0.25, -0.2) is 0 Å². The van der Waals surface area contributed by atoms with Crippen LogP contribution in [0.25, 0.3) is 43.8 Å². The van der Waals surface area contributed by atoms with E-state index in [-0.39, 0.29) is 5.41 Å². The smallest absolute Gasteiger partial charge is 0.0812 e. The zero-order valence-electron chi connectivity index (χ0n) is 17.2. The molecular formula is C29H21B. The Morgan fingerprint density at radius 1 is 0.567 bits per heavy atom. The van der Waals surface area contributed by atoms with Crippen LogP contribution in [0.15, 0.2) is 91.0 Å². The van der Waals surface area contributed by atoms with E-state index >= 15 is 0 Å². The van der Waals surface area contributed by atoms with Crippen LogP contribution in [0, 0.1) is 0 Å². The lowest BCUT2D eigenvalue weighted by Gasteiger charge is -2.22. The third-order valence-electron chi connectivity index (χ3n) is 6.85. The first-order chi connectivity index (χ1) is 14.6. The Morgan fingerprint density at radius 2 is 1.10 bits per heavy atom. The van der Waals surface area contributed by atoms with Crippen LogP contribution >= 0.6 is 0 Å². The van der Waals surface area contributed by atoms with Gasteiger partial charge in [0, 0.05) is 5.41 Å². The van der Waals surface area contributed by atoms with Crippen LogP contribution in [0.1, 0.15) is 25.0 Å². The van der Waals surface area contributed by atoms with Crippen LogP contribution in [-0.2, 0) is 5.41 Å². The van der Waals surface area contributed by atoms with Crippen molar-refractivity contribution < 1.29 is 0 Å². The largest absolute Gasteiger partial charge is 0.115 e. The standard InChI is InChI=1S/C29H21B/c1-29(2)25-14-8-7-9-19(25)20-16-15-18(17-26(20)29)27-21-10-3-5-12-23(21)28(30)24-13-6-4-11-22(24)27/h3-17H,1-2H3. The summed E-state index contributed by atoms with van der Waals surface area (Å²) in [6.45, 7) is 4.67. The molecule has 1 heteroatoms. The molecule has 2 radical (unpaired) electrons. The van der Waals surface area contributed by atoms with Gasteiger partial charge in [-0.1, -0.05) is 104 Å². The molecule has 0 nitrogen and oxygen atoms in total. The molecule has 0 atom stereocenters. The minimum atomic E-state index is -0.0125. The van der Waals surface area contributed by atoms with Crippen LogP contribution < -0.4 is 5.46 Å². The van der Waals surface area contributed by atoms with Crippen molar-refractivity contribution in [3.8, 4) is 22.3 Å². The zero-order chi connectivity index (χ0) is 20.5. The third-order valence-corrected chi connectivity index (χ3v) is 6.85. The summed E-state index contributed by atoms with van der Waals surface area (Å²) in [5, 5.41) is 4.66. The molecule has 0 aliphatic heterocycles. The van der Waals surface area contributed by atoms with Crippen molar-refractivity contribution in [1.82, 2.24) is 0 Å². The molecule has 0 N–H and O–H groups in total. The fraction of sp³-hybridized carbons (Fsp3) is 0.103. The van der Waals surface area contributed by atoms with Gasteiger partial charge in [-0.2, -0.15) is 0 Å². The van der Waals surface area contributed by atoms with Gasteiger partial charge in [0.1, 0.15) is 7.85 Å². The maximum absolute atomic E-state index is 6.59. The molecule has 0 aromatic heterocycles. The number of hydrogen-bond acceptors (Lipinski definition) is 0. The maximum Gasteiger partial charge on any atom is 0.115 e. The normalized spacial score (nSPS) is 14.1. The van der Waals surface area contributed by atoms with Crippen LogP contribution in [0.5, 0.6) is 0 Å². The van der Waals surface area contributed by atoms with Crippen molar-refractivity contribution in [2.24, 2.45) is 0 Å². The molecular weight excluding hydrogens is 359 g/mol. The first-order valence-corrected chi connectivity index (χ1v) is 10.5. The molecule has 0 spiro atoms. The summed E-state index contributed by atoms with van der Waals surface area (Å²) < 4.78 is 0. The summed E-state index contributed by atoms with van der Waals surface area (Å²) in [6.07, 6.45) is 0. The molecule has 0 fully saturated rings. The second kappa shape index (κ2) is 6.09. The predicted molar refractivity (Wildman–Crippen MR) is 130 cm³/mol. The Bertz CT molecular complexity index is 1420. The molecule has 0 unspecified atom stereocenters. The lowest BCUT2D eigenvalue weighted by atomic mass is 9.79. The molecule has 0 saturated heterocycles. The van der Waals surface area contributed by atoms with Gasteiger partial charge in [-0.3, -0.25) is 0 Å². The molecule has 0 bridgehead atoms. The van der Waals surface area contributed by atoms with Crippen molar-refractivity contribution in [3.63, 3.8) is 0 Å². The van der Waals surface area contributed by atoms with E-state index in [4.69, 9.17) is 7.85 Å². The van der Waals surface area contributed by atoms with E-state index in [0.29, 0.717) is 0 Å². The van der Waals surface area contributed by atoms with Gasteiger partial charge in [0.2, 0.25) is 0 Å². The number of fused-ring (bicyclic) bond motifs is 5. The monoisotopic (exact) mass is 380 g/mol. The summed E-state index contributed by atoms with van der Waals surface area (Å²) in [5.74, 6) is 0. The Hall–Kier alpha value is -3.32. The summed E-state index contributed by atoms with van der Waals surface area (Å²) in [4.78, 5) is 0. The molecule has 6 rings (SSSR count). The van der Waals surface area contributed by atoms with E-state index < -0.39 is 0 Å². The first-order valence-electron chi connectivity index (χ1n) is 10.5. The first kappa shape index (κ1) is 17.5. The topological polar surface area (TPSA) is 0 Å². The van der Waals surface area contributed by atoms with Gasteiger partial charge in [0.15, 0.2) is 0 Å². The fourth-order valence-electron chi connectivity index (χ4n) is 5.33. The van der Waals surface area contributed by atoms with E-state index in [2.05, 4.69) is 105 Å². The second-order valence-electron chi connectivity index (χ2n) is 8.81. The van der Waals surface area contributed by atoms with Crippen molar-refractivity contribution in [2.45, 2.75) is 19.3 Å². The SMILES string of the molecule is [B]c1c2ccccc2c(-c2ccc3c(c2)C(C)(C)c2ccccc2-3)c2ccccc12. The number of benzene rings is 5. The maximum atomic E-state index is 6.59. The van der Waals surface area contributed by atoms with Gasteiger partial charge in [-0.15, -0.1) is 0 Å². The van der Waals surface area contributed by atoms with Gasteiger partial charge in [-0.05, 0) is 61.0 Å². The average Bonchev–Trinajstić information content (AvgIpc) is 3.01. The van der Waals surface area contributed by atoms with Crippen LogP contribution in [0.4, 0.5) is 0 Å². The van der Waals surface area contributed by atoms with Gasteiger partial charge in [0.25, 0.3) is 0 Å². The Kier molecular flexibility index (Phi) is 3.56. The molecule has 0 amide bonds. The van der Waals surface area contributed by atoms with E-state index in [1.807, 2.05) is 0 Å². The van der Waals surface area contributed by atoms with Crippen molar-refractivity contribution in [2.75, 3.05) is 0 Å². The van der Waals surface area contributed by atoms with Crippen molar-refractivity contribution in [3.05, 3.63) is 102 Å². The van der Waals surface area contributed by atoms with E-state index in [9.17, 15) is 0 Å². The molecule has 1 aliphatic carbocycles. The van der Waals surface area contributed by atoms with Gasteiger partial charge in [0.05, 0.1) is 0 Å². The molecule has 5 aromatic rings. The average molecular weight is 380 g/mol. The lowest BCUT2D eigenvalue weighted by molar-refractivity contribution is 0.660. The lowest BCUT2D eigenvalue weighted by Crippen LogP contribution is -2.15. The van der Waals surface area contributed by atoms with Crippen LogP contribution in [-0.4, -0.2) is 7.85 Å². The van der Waals surface area contributed by atoms with Crippen molar-refractivity contribution >= 4 is 34.9 Å². The minimum absolute atomic E-state index is 0.0125. The zero-order valence-corrected chi connectivity index (χ0v) is 17.2.